The van der Waals surface area contributed by atoms with E-state index in [-0.39, 0.29) is 29.5 Å². The monoisotopic (exact) mass is 466 g/mol. The summed E-state index contributed by atoms with van der Waals surface area (Å²) in [5, 5.41) is 18.3. The van der Waals surface area contributed by atoms with Crippen LogP contribution in [0, 0.1) is 5.21 Å². The molecule has 1 aromatic carbocycles. The molecular formula is C21H18Cl2F2N4O2. The third kappa shape index (κ3) is 6.02. The summed E-state index contributed by atoms with van der Waals surface area (Å²) in [6.45, 7) is -0.640. The van der Waals surface area contributed by atoms with Crippen LogP contribution < -0.4 is 15.4 Å². The van der Waals surface area contributed by atoms with E-state index in [0.717, 1.165) is 5.56 Å². The number of alkyl halides is 2. The first-order valence-corrected chi connectivity index (χ1v) is 9.97. The smallest absolute Gasteiger partial charge is 0.325 e. The number of rotatable bonds is 8. The number of pyridine rings is 2. The van der Waals surface area contributed by atoms with E-state index >= 15 is 0 Å². The van der Waals surface area contributed by atoms with Gasteiger partial charge in [-0.1, -0.05) is 41.4 Å². The lowest BCUT2D eigenvalue weighted by molar-refractivity contribution is -0.598. The van der Waals surface area contributed by atoms with E-state index in [0.29, 0.717) is 9.75 Å². The summed E-state index contributed by atoms with van der Waals surface area (Å²) >= 11 is 12.0. The maximum Gasteiger partial charge on any atom is 0.325 e. The van der Waals surface area contributed by atoms with Crippen molar-refractivity contribution in [3.63, 3.8) is 0 Å². The van der Waals surface area contributed by atoms with Crippen molar-refractivity contribution in [2.24, 2.45) is 0 Å². The van der Waals surface area contributed by atoms with Crippen molar-refractivity contribution in [2.75, 3.05) is 11.9 Å². The van der Waals surface area contributed by atoms with Crippen LogP contribution in [0.3, 0.4) is 0 Å². The first-order chi connectivity index (χ1) is 14.8. The predicted octanol–water partition coefficient (Wildman–Crippen LogP) is 4.08. The second-order valence-electron chi connectivity index (χ2n) is 6.66. The number of aromatic nitrogens is 2. The van der Waals surface area contributed by atoms with Crippen LogP contribution in [0.25, 0.3) is 0 Å². The van der Waals surface area contributed by atoms with Gasteiger partial charge in [-0.05, 0) is 35.9 Å². The van der Waals surface area contributed by atoms with Crippen molar-refractivity contribution in [1.29, 1.82) is 0 Å². The molecule has 0 atom stereocenters. The SMILES string of the molecule is O=C(Cc1c(Cl)ccc(NCC(F)(F)c2ccccn2)[n+]1[O-])NCc1cccc(Cl)c1. The molecule has 0 aliphatic carbocycles. The average molecular weight is 467 g/mol. The molecule has 0 aliphatic rings. The Morgan fingerprint density at radius 1 is 1.13 bits per heavy atom. The summed E-state index contributed by atoms with van der Waals surface area (Å²) in [5.74, 6) is -3.91. The third-order valence-electron chi connectivity index (χ3n) is 4.37. The quantitative estimate of drug-likeness (QED) is 0.387. The Morgan fingerprint density at radius 3 is 2.65 bits per heavy atom. The number of nitrogens with zero attached hydrogens (tertiary/aromatic N) is 2. The van der Waals surface area contributed by atoms with Gasteiger partial charge in [0.2, 0.25) is 5.91 Å². The first kappa shape index (κ1) is 22.7. The van der Waals surface area contributed by atoms with E-state index in [1.807, 2.05) is 0 Å². The number of hydrogen-bond donors (Lipinski definition) is 2. The summed E-state index contributed by atoms with van der Waals surface area (Å²) in [6.07, 6.45) is 0.939. The predicted molar refractivity (Wildman–Crippen MR) is 114 cm³/mol. The van der Waals surface area contributed by atoms with Crippen LogP contribution in [0.5, 0.6) is 0 Å². The van der Waals surface area contributed by atoms with E-state index in [9.17, 15) is 18.8 Å². The van der Waals surface area contributed by atoms with Crippen LogP contribution in [0.1, 0.15) is 17.0 Å². The normalized spacial score (nSPS) is 11.2. The van der Waals surface area contributed by atoms with Gasteiger partial charge in [0.25, 0.3) is 5.82 Å². The minimum atomic E-state index is -3.30. The van der Waals surface area contributed by atoms with Gasteiger partial charge >= 0.3 is 5.92 Å². The number of anilines is 1. The van der Waals surface area contributed by atoms with Gasteiger partial charge in [-0.3, -0.25) is 15.1 Å². The molecule has 0 fully saturated rings. The fraction of sp³-hybridized carbons (Fsp3) is 0.190. The largest absolute Gasteiger partial charge is 0.710 e. The van der Waals surface area contributed by atoms with Crippen LogP contribution >= 0.6 is 23.2 Å². The van der Waals surface area contributed by atoms with E-state index in [2.05, 4.69) is 15.6 Å². The summed E-state index contributed by atoms with van der Waals surface area (Å²) < 4.78 is 29.0. The van der Waals surface area contributed by atoms with Gasteiger partial charge in [-0.15, -0.1) is 0 Å². The van der Waals surface area contributed by atoms with Gasteiger partial charge in [0.15, 0.2) is 6.54 Å². The summed E-state index contributed by atoms with van der Waals surface area (Å²) in [7, 11) is 0. The van der Waals surface area contributed by atoms with E-state index in [1.165, 1.54) is 36.5 Å². The lowest BCUT2D eigenvalue weighted by Crippen LogP contribution is -2.40. The van der Waals surface area contributed by atoms with Crippen molar-refractivity contribution in [2.45, 2.75) is 18.9 Å². The number of carbonyl (C=O) groups excluding carboxylic acids is 1. The Morgan fingerprint density at radius 2 is 1.94 bits per heavy atom. The van der Waals surface area contributed by atoms with E-state index in [1.54, 1.807) is 24.3 Å². The van der Waals surface area contributed by atoms with Crippen molar-refractivity contribution in [1.82, 2.24) is 10.3 Å². The minimum absolute atomic E-state index is 0.0509. The molecular weight excluding hydrogens is 449 g/mol. The number of hydrogen-bond acceptors (Lipinski definition) is 4. The maximum atomic E-state index is 14.3. The lowest BCUT2D eigenvalue weighted by atomic mass is 10.2. The molecule has 31 heavy (non-hydrogen) atoms. The van der Waals surface area contributed by atoms with Gasteiger partial charge in [0.1, 0.15) is 11.4 Å². The zero-order valence-electron chi connectivity index (χ0n) is 16.1. The van der Waals surface area contributed by atoms with Crippen molar-refractivity contribution in [3.8, 4) is 0 Å². The van der Waals surface area contributed by atoms with Crippen LogP contribution in [-0.2, 0) is 23.7 Å². The number of halogens is 4. The Hall–Kier alpha value is -2.97. The fourth-order valence-corrected chi connectivity index (χ4v) is 3.20. The van der Waals surface area contributed by atoms with Crippen LogP contribution in [-0.4, -0.2) is 17.4 Å². The Bertz CT molecular complexity index is 1070. The van der Waals surface area contributed by atoms with Crippen molar-refractivity contribution < 1.29 is 18.3 Å². The molecule has 6 nitrogen and oxygen atoms in total. The van der Waals surface area contributed by atoms with Gasteiger partial charge in [-0.2, -0.15) is 8.78 Å². The Balaban J connectivity index is 1.66. The minimum Gasteiger partial charge on any atom is -0.710 e. The van der Waals surface area contributed by atoms with Crippen LogP contribution in [0.4, 0.5) is 14.6 Å². The molecule has 0 saturated heterocycles. The molecule has 0 saturated carbocycles. The first-order valence-electron chi connectivity index (χ1n) is 9.21. The second kappa shape index (κ2) is 9.89. The fourth-order valence-electron chi connectivity index (χ4n) is 2.78. The van der Waals surface area contributed by atoms with Crippen molar-refractivity contribution in [3.05, 3.63) is 93.0 Å². The topological polar surface area (TPSA) is 81.0 Å². The highest BCUT2D eigenvalue weighted by Crippen LogP contribution is 2.26. The highest BCUT2D eigenvalue weighted by Gasteiger charge is 2.35. The molecule has 0 spiro atoms. The lowest BCUT2D eigenvalue weighted by Gasteiger charge is -2.18. The standard InChI is InChI=1S/C21H18Cl2F2N4O2/c22-15-5-3-4-14(10-15)12-27-20(30)11-17-16(23)7-8-19(29(17)31)28-13-21(24,25)18-6-1-2-9-26-18/h1-10,28H,11-13H2,(H,27,30). The van der Waals surface area contributed by atoms with Gasteiger partial charge in [0.05, 0.1) is 11.4 Å². The zero-order valence-corrected chi connectivity index (χ0v) is 17.6. The molecule has 2 N–H and O–H groups in total. The summed E-state index contributed by atoms with van der Waals surface area (Å²) in [4.78, 5) is 15.9. The molecule has 0 bridgehead atoms. The molecule has 1 amide bonds. The summed E-state index contributed by atoms with van der Waals surface area (Å²) in [5.41, 5.74) is 0.306. The van der Waals surface area contributed by atoms with Gasteiger partial charge in [-0.25, -0.2) is 4.73 Å². The van der Waals surface area contributed by atoms with Gasteiger partial charge in [0, 0.05) is 23.8 Å². The van der Waals surface area contributed by atoms with Crippen molar-refractivity contribution >= 4 is 34.9 Å². The number of carbonyl (C=O) groups is 1. The van der Waals surface area contributed by atoms with Gasteiger partial charge < -0.3 is 10.5 Å². The molecule has 0 radical (unpaired) electrons. The third-order valence-corrected chi connectivity index (χ3v) is 4.94. The Labute approximate surface area is 187 Å². The molecule has 10 heteroatoms. The highest BCUT2D eigenvalue weighted by molar-refractivity contribution is 6.31. The Kier molecular flexibility index (Phi) is 7.25. The summed E-state index contributed by atoms with van der Waals surface area (Å²) in [6, 6.07) is 13.8. The van der Waals surface area contributed by atoms with E-state index < -0.39 is 24.1 Å². The molecule has 2 aromatic heterocycles. The van der Waals surface area contributed by atoms with E-state index in [4.69, 9.17) is 23.2 Å². The number of nitrogens with one attached hydrogen (secondary N) is 2. The maximum absolute atomic E-state index is 14.3. The molecule has 2 heterocycles. The molecule has 0 unspecified atom stereocenters. The average Bonchev–Trinajstić information content (AvgIpc) is 2.75. The molecule has 0 aliphatic heterocycles. The molecule has 3 aromatic rings. The highest BCUT2D eigenvalue weighted by atomic mass is 35.5. The molecule has 3 rings (SSSR count). The second-order valence-corrected chi connectivity index (χ2v) is 7.51. The number of amides is 1. The van der Waals surface area contributed by atoms with Crippen LogP contribution in [0.2, 0.25) is 10.0 Å². The zero-order chi connectivity index (χ0) is 22.4. The molecule has 162 valence electrons. The number of benzene rings is 1. The van der Waals surface area contributed by atoms with Crippen LogP contribution in [0.15, 0.2) is 60.8 Å².